The first-order valence-corrected chi connectivity index (χ1v) is 8.88. The molecule has 2 rings (SSSR count). The molecule has 0 bridgehead atoms. The SMILES string of the molecule is CO[SiH](OC)C1(C2CCC(Cl)CC2)CCCC1. The first-order chi connectivity index (χ1) is 8.23. The Hall–Kier alpha value is 0.427. The van der Waals surface area contributed by atoms with Crippen molar-refractivity contribution >= 4 is 20.9 Å². The van der Waals surface area contributed by atoms with Crippen molar-refractivity contribution in [2.45, 2.75) is 61.8 Å². The first-order valence-electron chi connectivity index (χ1n) is 6.92. The Kier molecular flexibility index (Phi) is 4.93. The van der Waals surface area contributed by atoms with Gasteiger partial charge in [-0.15, -0.1) is 11.6 Å². The summed E-state index contributed by atoms with van der Waals surface area (Å²) in [5, 5.41) is 0.815. The highest BCUT2D eigenvalue weighted by molar-refractivity contribution is 6.48. The van der Waals surface area contributed by atoms with Gasteiger partial charge in [-0.05, 0) is 44.4 Å². The zero-order chi connectivity index (χ0) is 12.3. The molecule has 0 radical (unpaired) electrons. The summed E-state index contributed by atoms with van der Waals surface area (Å²) in [5.41, 5.74) is 0. The lowest BCUT2D eigenvalue weighted by molar-refractivity contribution is 0.177. The van der Waals surface area contributed by atoms with E-state index in [1.54, 1.807) is 0 Å². The number of halogens is 1. The number of alkyl halides is 1. The average molecular weight is 277 g/mol. The van der Waals surface area contributed by atoms with E-state index in [-0.39, 0.29) is 0 Å². The van der Waals surface area contributed by atoms with Gasteiger partial charge in [0.15, 0.2) is 0 Å². The van der Waals surface area contributed by atoms with Crippen LogP contribution in [0, 0.1) is 5.92 Å². The van der Waals surface area contributed by atoms with Gasteiger partial charge in [0.2, 0.25) is 0 Å². The third-order valence-corrected chi connectivity index (χ3v) is 8.18. The van der Waals surface area contributed by atoms with Crippen molar-refractivity contribution in [3.8, 4) is 0 Å². The molecule has 0 unspecified atom stereocenters. The molecule has 0 heterocycles. The summed E-state index contributed by atoms with van der Waals surface area (Å²) < 4.78 is 11.5. The van der Waals surface area contributed by atoms with E-state index in [4.69, 9.17) is 20.5 Å². The third kappa shape index (κ3) is 2.72. The third-order valence-electron chi connectivity index (χ3n) is 4.90. The smallest absolute Gasteiger partial charge is 0.327 e. The predicted molar refractivity (Wildman–Crippen MR) is 73.9 cm³/mol. The van der Waals surface area contributed by atoms with E-state index in [0.717, 1.165) is 5.92 Å². The molecule has 17 heavy (non-hydrogen) atoms. The molecule has 2 nitrogen and oxygen atoms in total. The van der Waals surface area contributed by atoms with Gasteiger partial charge in [-0.3, -0.25) is 0 Å². The van der Waals surface area contributed by atoms with Crippen LogP contribution in [0.3, 0.4) is 0 Å². The van der Waals surface area contributed by atoms with Gasteiger partial charge < -0.3 is 8.85 Å². The summed E-state index contributed by atoms with van der Waals surface area (Å²) in [6.07, 6.45) is 10.3. The standard InChI is InChI=1S/C13H25ClO2Si/c1-15-17(16-2)13(9-3-4-10-13)11-5-7-12(14)8-6-11/h11-12,17H,3-10H2,1-2H3. The maximum Gasteiger partial charge on any atom is 0.327 e. The molecule has 0 aromatic carbocycles. The molecule has 2 aliphatic rings. The summed E-state index contributed by atoms with van der Waals surface area (Å²) in [6, 6.07) is 0. The molecule has 0 aromatic heterocycles. The van der Waals surface area contributed by atoms with Gasteiger partial charge in [-0.1, -0.05) is 12.8 Å². The number of hydrogen-bond donors (Lipinski definition) is 0. The molecule has 0 aromatic rings. The fourth-order valence-electron chi connectivity index (χ4n) is 4.06. The fourth-order valence-corrected chi connectivity index (χ4v) is 7.04. The molecule has 0 saturated heterocycles. The predicted octanol–water partition coefficient (Wildman–Crippen LogP) is 3.61. The maximum absolute atomic E-state index is 6.23. The van der Waals surface area contributed by atoms with Gasteiger partial charge in [0.1, 0.15) is 0 Å². The molecular formula is C13H25ClO2Si. The summed E-state index contributed by atoms with van der Waals surface area (Å²) in [5.74, 6) is 0.802. The van der Waals surface area contributed by atoms with E-state index in [2.05, 4.69) is 0 Å². The van der Waals surface area contributed by atoms with Crippen LogP contribution in [0.1, 0.15) is 51.4 Å². The van der Waals surface area contributed by atoms with Crippen LogP contribution in [-0.4, -0.2) is 28.9 Å². The second kappa shape index (κ2) is 6.05. The number of hydrogen-bond acceptors (Lipinski definition) is 2. The molecular weight excluding hydrogens is 252 g/mol. The van der Waals surface area contributed by atoms with E-state index in [1.807, 2.05) is 14.2 Å². The van der Waals surface area contributed by atoms with E-state index in [9.17, 15) is 0 Å². The Balaban J connectivity index is 2.10. The van der Waals surface area contributed by atoms with Gasteiger partial charge in [0, 0.05) is 24.6 Å². The monoisotopic (exact) mass is 276 g/mol. The zero-order valence-electron chi connectivity index (χ0n) is 11.1. The van der Waals surface area contributed by atoms with Crippen molar-refractivity contribution in [1.29, 1.82) is 0 Å². The highest BCUT2D eigenvalue weighted by atomic mass is 35.5. The normalized spacial score (nSPS) is 33.2. The van der Waals surface area contributed by atoms with Gasteiger partial charge in [0.25, 0.3) is 0 Å². The van der Waals surface area contributed by atoms with Gasteiger partial charge >= 0.3 is 9.28 Å². The molecule has 100 valence electrons. The molecule has 4 heteroatoms. The Labute approximate surface area is 112 Å². The molecule has 2 aliphatic carbocycles. The minimum absolute atomic E-state index is 0.403. The van der Waals surface area contributed by atoms with Crippen LogP contribution in [0.4, 0.5) is 0 Å². The van der Waals surface area contributed by atoms with Gasteiger partial charge in [-0.2, -0.15) is 0 Å². The molecule has 2 fully saturated rings. The van der Waals surface area contributed by atoms with Crippen LogP contribution in [0.2, 0.25) is 5.04 Å². The molecule has 0 amide bonds. The molecule has 0 atom stereocenters. The Morgan fingerprint density at radius 1 is 1.00 bits per heavy atom. The van der Waals surface area contributed by atoms with E-state index >= 15 is 0 Å². The summed E-state index contributed by atoms with van der Waals surface area (Å²) in [4.78, 5) is 0. The zero-order valence-corrected chi connectivity index (χ0v) is 13.0. The van der Waals surface area contributed by atoms with E-state index < -0.39 is 9.28 Å². The van der Waals surface area contributed by atoms with Crippen molar-refractivity contribution in [3.63, 3.8) is 0 Å². The Bertz CT molecular complexity index is 232. The number of rotatable bonds is 4. The quantitative estimate of drug-likeness (QED) is 0.577. The van der Waals surface area contributed by atoms with Crippen molar-refractivity contribution in [1.82, 2.24) is 0 Å². The lowest BCUT2D eigenvalue weighted by Crippen LogP contribution is -2.42. The highest BCUT2D eigenvalue weighted by Gasteiger charge is 2.50. The van der Waals surface area contributed by atoms with Crippen molar-refractivity contribution in [2.75, 3.05) is 14.2 Å². The maximum atomic E-state index is 6.23. The fraction of sp³-hybridized carbons (Fsp3) is 1.00. The van der Waals surface area contributed by atoms with E-state index in [1.165, 1.54) is 51.4 Å². The molecule has 0 N–H and O–H groups in total. The minimum Gasteiger partial charge on any atom is -0.400 e. The minimum atomic E-state index is -1.52. The molecule has 0 aliphatic heterocycles. The van der Waals surface area contributed by atoms with Crippen LogP contribution < -0.4 is 0 Å². The summed E-state index contributed by atoms with van der Waals surface area (Å²) >= 11 is 6.23. The van der Waals surface area contributed by atoms with Crippen molar-refractivity contribution < 1.29 is 8.85 Å². The van der Waals surface area contributed by atoms with Crippen LogP contribution >= 0.6 is 11.6 Å². The van der Waals surface area contributed by atoms with Crippen molar-refractivity contribution in [3.05, 3.63) is 0 Å². The van der Waals surface area contributed by atoms with Crippen LogP contribution in [0.5, 0.6) is 0 Å². The highest BCUT2D eigenvalue weighted by Crippen LogP contribution is 2.57. The Morgan fingerprint density at radius 2 is 1.53 bits per heavy atom. The second-order valence-electron chi connectivity index (χ2n) is 5.69. The van der Waals surface area contributed by atoms with Crippen LogP contribution in [0.25, 0.3) is 0 Å². The second-order valence-corrected chi connectivity index (χ2v) is 9.07. The summed E-state index contributed by atoms with van der Waals surface area (Å²) in [6.45, 7) is 0. The lowest BCUT2D eigenvalue weighted by atomic mass is 9.78. The van der Waals surface area contributed by atoms with E-state index in [0.29, 0.717) is 10.4 Å². The molecule has 0 spiro atoms. The van der Waals surface area contributed by atoms with Gasteiger partial charge in [-0.25, -0.2) is 0 Å². The Morgan fingerprint density at radius 3 is 2.00 bits per heavy atom. The average Bonchev–Trinajstić information content (AvgIpc) is 2.82. The summed E-state index contributed by atoms with van der Waals surface area (Å²) in [7, 11) is 2.16. The molecule has 2 saturated carbocycles. The van der Waals surface area contributed by atoms with Gasteiger partial charge in [0.05, 0.1) is 0 Å². The van der Waals surface area contributed by atoms with Crippen molar-refractivity contribution in [2.24, 2.45) is 5.92 Å². The van der Waals surface area contributed by atoms with Crippen LogP contribution in [0.15, 0.2) is 0 Å². The lowest BCUT2D eigenvalue weighted by Gasteiger charge is -2.43. The van der Waals surface area contributed by atoms with Crippen LogP contribution in [-0.2, 0) is 8.85 Å². The topological polar surface area (TPSA) is 18.5 Å². The largest absolute Gasteiger partial charge is 0.400 e. The first kappa shape index (κ1) is 13.8.